The quantitative estimate of drug-likeness (QED) is 0.511. The standard InChI is InChI=1S/C23H20ClFN4O3/c1-32-20-9-16-12(4-5-27-22(16)25)6-17(20)23(31)29-21(19-8-15(30)11-28-19)13-2-3-14(10-26)18(24)7-13/h2-7,9,15,19,21,28,30H,8,11H2,1H3,(H,29,31)/t15-,19+,21-/m0/s1. The number of ether oxygens (including phenoxy) is 1. The van der Waals surface area contributed by atoms with Gasteiger partial charge in [0.25, 0.3) is 5.91 Å². The SMILES string of the molecule is COc1cc2c(F)nccc2cc1C(=O)N[C@@H](c1ccc(C#N)c(Cl)c1)[C@H]1C[C@H](O)CN1. The summed E-state index contributed by atoms with van der Waals surface area (Å²) in [6.45, 7) is 0.395. The Kier molecular flexibility index (Phi) is 6.24. The van der Waals surface area contributed by atoms with Gasteiger partial charge >= 0.3 is 0 Å². The zero-order chi connectivity index (χ0) is 22.8. The van der Waals surface area contributed by atoms with Crippen molar-refractivity contribution in [2.75, 3.05) is 13.7 Å². The van der Waals surface area contributed by atoms with Gasteiger partial charge in [-0.05, 0) is 47.7 Å². The van der Waals surface area contributed by atoms with E-state index >= 15 is 0 Å². The predicted molar refractivity (Wildman–Crippen MR) is 117 cm³/mol. The van der Waals surface area contributed by atoms with Crippen molar-refractivity contribution in [3.8, 4) is 11.8 Å². The highest BCUT2D eigenvalue weighted by atomic mass is 35.5. The van der Waals surface area contributed by atoms with Crippen molar-refractivity contribution in [3.05, 3.63) is 70.3 Å². The molecule has 1 fully saturated rings. The van der Waals surface area contributed by atoms with E-state index in [9.17, 15) is 14.3 Å². The molecule has 0 radical (unpaired) electrons. The van der Waals surface area contributed by atoms with E-state index in [-0.39, 0.29) is 27.8 Å². The topological polar surface area (TPSA) is 107 Å². The average Bonchev–Trinajstić information content (AvgIpc) is 3.22. The summed E-state index contributed by atoms with van der Waals surface area (Å²) in [5, 5.41) is 26.4. The molecule has 1 aromatic heterocycles. The minimum atomic E-state index is -0.651. The van der Waals surface area contributed by atoms with E-state index in [0.717, 1.165) is 0 Å². The van der Waals surface area contributed by atoms with Crippen molar-refractivity contribution in [2.24, 2.45) is 0 Å². The van der Waals surface area contributed by atoms with Gasteiger partial charge in [0.1, 0.15) is 11.8 Å². The molecule has 164 valence electrons. The molecular formula is C23H20ClFN4O3. The van der Waals surface area contributed by atoms with Crippen molar-refractivity contribution < 1.29 is 19.0 Å². The number of carbonyl (C=O) groups excluding carboxylic acids is 1. The molecule has 1 aliphatic rings. The van der Waals surface area contributed by atoms with Crippen LogP contribution in [0.25, 0.3) is 10.8 Å². The normalized spacial score (nSPS) is 18.8. The van der Waals surface area contributed by atoms with E-state index in [1.54, 1.807) is 30.3 Å². The highest BCUT2D eigenvalue weighted by Gasteiger charge is 2.32. The molecule has 0 saturated carbocycles. The Hall–Kier alpha value is -3.25. The number of carbonyl (C=O) groups is 1. The minimum Gasteiger partial charge on any atom is -0.496 e. The number of β-amino-alcohol motifs (C(OH)–C–C–N with tert-alkyl or cyclic N) is 1. The summed E-state index contributed by atoms with van der Waals surface area (Å²) >= 11 is 6.22. The lowest BCUT2D eigenvalue weighted by molar-refractivity contribution is 0.0923. The van der Waals surface area contributed by atoms with Crippen LogP contribution in [-0.2, 0) is 0 Å². The smallest absolute Gasteiger partial charge is 0.255 e. The second kappa shape index (κ2) is 9.09. The Morgan fingerprint density at radius 2 is 2.22 bits per heavy atom. The van der Waals surface area contributed by atoms with E-state index in [1.807, 2.05) is 6.07 Å². The molecule has 0 bridgehead atoms. The van der Waals surface area contributed by atoms with Gasteiger partial charge in [-0.25, -0.2) is 4.98 Å². The largest absolute Gasteiger partial charge is 0.496 e. The molecule has 1 aliphatic heterocycles. The zero-order valence-corrected chi connectivity index (χ0v) is 17.9. The fraction of sp³-hybridized carbons (Fsp3) is 0.261. The summed E-state index contributed by atoms with van der Waals surface area (Å²) in [4.78, 5) is 16.9. The van der Waals surface area contributed by atoms with Gasteiger partial charge in [0, 0.05) is 24.2 Å². The molecule has 0 unspecified atom stereocenters. The summed E-state index contributed by atoms with van der Waals surface area (Å²) in [7, 11) is 1.40. The fourth-order valence-electron chi connectivity index (χ4n) is 3.96. The highest BCUT2D eigenvalue weighted by molar-refractivity contribution is 6.31. The molecule has 1 saturated heterocycles. The maximum Gasteiger partial charge on any atom is 0.255 e. The van der Waals surface area contributed by atoms with Gasteiger partial charge in [0.15, 0.2) is 0 Å². The van der Waals surface area contributed by atoms with Crippen LogP contribution in [0.2, 0.25) is 5.02 Å². The number of hydrogen-bond donors (Lipinski definition) is 3. The van der Waals surface area contributed by atoms with Crippen molar-refractivity contribution in [2.45, 2.75) is 24.6 Å². The van der Waals surface area contributed by atoms with Gasteiger partial charge in [-0.1, -0.05) is 17.7 Å². The number of pyridine rings is 1. The Bertz CT molecular complexity index is 1230. The fourth-order valence-corrected chi connectivity index (χ4v) is 4.20. The van der Waals surface area contributed by atoms with E-state index in [0.29, 0.717) is 29.5 Å². The summed E-state index contributed by atoms with van der Waals surface area (Å²) in [5.74, 6) is -0.880. The number of aliphatic hydroxyl groups is 1. The number of nitrogens with zero attached hydrogens (tertiary/aromatic N) is 2. The van der Waals surface area contributed by atoms with Gasteiger partial charge < -0.3 is 20.5 Å². The third-order valence-corrected chi connectivity index (χ3v) is 5.90. The van der Waals surface area contributed by atoms with Gasteiger partial charge in [0.05, 0.1) is 35.4 Å². The monoisotopic (exact) mass is 454 g/mol. The van der Waals surface area contributed by atoms with Crippen molar-refractivity contribution in [3.63, 3.8) is 0 Å². The molecule has 0 aliphatic carbocycles. The highest BCUT2D eigenvalue weighted by Crippen LogP contribution is 2.30. The zero-order valence-electron chi connectivity index (χ0n) is 17.1. The van der Waals surface area contributed by atoms with Crippen LogP contribution in [0.3, 0.4) is 0 Å². The molecule has 0 spiro atoms. The van der Waals surface area contributed by atoms with Gasteiger partial charge in [0.2, 0.25) is 5.95 Å². The lowest BCUT2D eigenvalue weighted by Crippen LogP contribution is -2.41. The van der Waals surface area contributed by atoms with Crippen LogP contribution in [0.5, 0.6) is 5.75 Å². The maximum absolute atomic E-state index is 14.1. The molecule has 2 aromatic carbocycles. The number of benzene rings is 2. The van der Waals surface area contributed by atoms with Crippen LogP contribution in [0, 0.1) is 17.3 Å². The Morgan fingerprint density at radius 3 is 2.88 bits per heavy atom. The minimum absolute atomic E-state index is 0.206. The van der Waals surface area contributed by atoms with E-state index in [2.05, 4.69) is 15.6 Å². The number of nitrogens with one attached hydrogen (secondary N) is 2. The molecule has 3 N–H and O–H groups in total. The van der Waals surface area contributed by atoms with E-state index in [1.165, 1.54) is 19.4 Å². The van der Waals surface area contributed by atoms with E-state index < -0.39 is 24.0 Å². The molecular weight excluding hydrogens is 435 g/mol. The first-order chi connectivity index (χ1) is 15.4. The summed E-state index contributed by atoms with van der Waals surface area (Å²) in [5.41, 5.74) is 1.24. The predicted octanol–water partition coefficient (Wildman–Crippen LogP) is 3.10. The number of aromatic nitrogens is 1. The molecule has 7 nitrogen and oxygen atoms in total. The van der Waals surface area contributed by atoms with Crippen molar-refractivity contribution in [1.82, 2.24) is 15.6 Å². The van der Waals surface area contributed by atoms with Gasteiger partial charge in [-0.15, -0.1) is 0 Å². The maximum atomic E-state index is 14.1. The molecule has 3 aromatic rings. The number of halogens is 2. The van der Waals surface area contributed by atoms with Crippen LogP contribution in [0.15, 0.2) is 42.6 Å². The summed E-state index contributed by atoms with van der Waals surface area (Å²) in [6.07, 6.45) is 1.21. The Labute approximate surface area is 188 Å². The lowest BCUT2D eigenvalue weighted by atomic mass is 9.96. The first-order valence-electron chi connectivity index (χ1n) is 9.95. The molecule has 3 atom stereocenters. The first kappa shape index (κ1) is 22.0. The van der Waals surface area contributed by atoms with Crippen LogP contribution >= 0.6 is 11.6 Å². The Balaban J connectivity index is 1.72. The van der Waals surface area contributed by atoms with E-state index in [4.69, 9.17) is 21.6 Å². The summed E-state index contributed by atoms with van der Waals surface area (Å²) in [6, 6.07) is 10.8. The van der Waals surface area contributed by atoms with Crippen molar-refractivity contribution >= 4 is 28.3 Å². The molecule has 2 heterocycles. The number of nitriles is 1. The van der Waals surface area contributed by atoms with Crippen LogP contribution < -0.4 is 15.4 Å². The van der Waals surface area contributed by atoms with Crippen LogP contribution in [0.1, 0.15) is 33.9 Å². The molecule has 32 heavy (non-hydrogen) atoms. The third-order valence-electron chi connectivity index (χ3n) is 5.58. The third kappa shape index (κ3) is 4.23. The summed E-state index contributed by atoms with van der Waals surface area (Å²) < 4.78 is 19.4. The number of methoxy groups -OCH3 is 1. The second-order valence-electron chi connectivity index (χ2n) is 7.58. The lowest BCUT2D eigenvalue weighted by Gasteiger charge is -2.26. The number of rotatable bonds is 5. The van der Waals surface area contributed by atoms with Crippen LogP contribution in [-0.4, -0.2) is 41.8 Å². The molecule has 9 heteroatoms. The number of fused-ring (bicyclic) bond motifs is 1. The molecule has 4 rings (SSSR count). The Morgan fingerprint density at radius 1 is 1.41 bits per heavy atom. The number of hydrogen-bond acceptors (Lipinski definition) is 6. The second-order valence-corrected chi connectivity index (χ2v) is 7.99. The number of amides is 1. The molecule has 1 amide bonds. The van der Waals surface area contributed by atoms with Gasteiger partial charge in [-0.2, -0.15) is 9.65 Å². The van der Waals surface area contributed by atoms with Crippen molar-refractivity contribution in [1.29, 1.82) is 5.26 Å². The first-order valence-corrected chi connectivity index (χ1v) is 10.3. The number of aliphatic hydroxyl groups excluding tert-OH is 1. The average molecular weight is 455 g/mol. The van der Waals surface area contributed by atoms with Gasteiger partial charge in [-0.3, -0.25) is 4.79 Å². The van der Waals surface area contributed by atoms with Crippen LogP contribution in [0.4, 0.5) is 4.39 Å².